The quantitative estimate of drug-likeness (QED) is 0.525. The number of ether oxygens (including phenoxy) is 1. The van der Waals surface area contributed by atoms with Crippen molar-refractivity contribution in [2.45, 2.75) is 4.90 Å². The van der Waals surface area contributed by atoms with Crippen molar-refractivity contribution in [2.24, 2.45) is 0 Å². The number of rotatable bonds is 4. The summed E-state index contributed by atoms with van der Waals surface area (Å²) in [6, 6.07) is 17.3. The highest BCUT2D eigenvalue weighted by molar-refractivity contribution is 7.93. The van der Waals surface area contributed by atoms with E-state index in [9.17, 15) is 13.2 Å². The van der Waals surface area contributed by atoms with E-state index in [0.29, 0.717) is 5.13 Å². The molecule has 1 N–H and O–H groups in total. The third kappa shape index (κ3) is 3.24. The summed E-state index contributed by atoms with van der Waals surface area (Å²) in [4.78, 5) is 16.0. The van der Waals surface area contributed by atoms with Gasteiger partial charge in [-0.05, 0) is 35.7 Å². The fraction of sp³-hybridized carbons (Fsp3) is 0.0526. The number of fused-ring (bicyclic) bond motifs is 3. The first-order chi connectivity index (χ1) is 13.0. The third-order valence-electron chi connectivity index (χ3n) is 4.09. The maximum absolute atomic E-state index is 12.6. The average Bonchev–Trinajstić information content (AvgIpc) is 3.09. The molecular weight excluding hydrogens is 384 g/mol. The summed E-state index contributed by atoms with van der Waals surface area (Å²) in [6.07, 6.45) is 0. The van der Waals surface area contributed by atoms with Crippen LogP contribution in [0.25, 0.3) is 21.0 Å². The first-order valence-electron chi connectivity index (χ1n) is 7.97. The van der Waals surface area contributed by atoms with Gasteiger partial charge >= 0.3 is 5.97 Å². The van der Waals surface area contributed by atoms with Crippen LogP contribution in [0, 0.1) is 0 Å². The monoisotopic (exact) mass is 398 g/mol. The Bertz CT molecular complexity index is 1260. The smallest absolute Gasteiger partial charge is 0.337 e. The largest absolute Gasteiger partial charge is 0.465 e. The number of esters is 1. The SMILES string of the molecule is COC(=O)c1ccc(S(=O)(=O)Nc2nc3c(ccc4ccccc43)s2)cc1. The molecule has 0 aliphatic carbocycles. The molecule has 1 heterocycles. The maximum atomic E-state index is 12.6. The van der Waals surface area contributed by atoms with Crippen LogP contribution < -0.4 is 4.72 Å². The molecule has 0 saturated carbocycles. The van der Waals surface area contributed by atoms with Crippen molar-refractivity contribution < 1.29 is 17.9 Å². The second kappa shape index (κ2) is 6.64. The predicted molar refractivity (Wildman–Crippen MR) is 106 cm³/mol. The average molecular weight is 398 g/mol. The van der Waals surface area contributed by atoms with E-state index in [2.05, 4.69) is 14.4 Å². The molecule has 0 atom stereocenters. The zero-order valence-corrected chi connectivity index (χ0v) is 15.8. The lowest BCUT2D eigenvalue weighted by Crippen LogP contribution is -2.13. The van der Waals surface area contributed by atoms with E-state index in [1.54, 1.807) is 0 Å². The maximum Gasteiger partial charge on any atom is 0.337 e. The van der Waals surface area contributed by atoms with E-state index in [4.69, 9.17) is 0 Å². The first-order valence-corrected chi connectivity index (χ1v) is 10.3. The number of nitrogens with zero attached hydrogens (tertiary/aromatic N) is 1. The Morgan fingerprint density at radius 1 is 1.04 bits per heavy atom. The van der Waals surface area contributed by atoms with Crippen molar-refractivity contribution >= 4 is 53.5 Å². The predicted octanol–water partition coefficient (Wildman–Crippen LogP) is 4.04. The van der Waals surface area contributed by atoms with Crippen molar-refractivity contribution in [1.29, 1.82) is 0 Å². The van der Waals surface area contributed by atoms with Crippen LogP contribution >= 0.6 is 11.3 Å². The zero-order valence-electron chi connectivity index (χ0n) is 14.2. The highest BCUT2D eigenvalue weighted by Crippen LogP contribution is 2.32. The van der Waals surface area contributed by atoms with Gasteiger partial charge in [-0.3, -0.25) is 4.72 Å². The normalized spacial score (nSPS) is 11.6. The molecular formula is C19H14N2O4S2. The fourth-order valence-electron chi connectivity index (χ4n) is 2.77. The number of nitrogens with one attached hydrogen (secondary N) is 1. The first kappa shape index (κ1) is 17.4. The Balaban J connectivity index is 1.68. The molecule has 0 aliphatic rings. The number of carbonyl (C=O) groups excluding carboxylic acids is 1. The van der Waals surface area contributed by atoms with Gasteiger partial charge in [-0.2, -0.15) is 0 Å². The summed E-state index contributed by atoms with van der Waals surface area (Å²) in [7, 11) is -2.55. The molecule has 136 valence electrons. The summed E-state index contributed by atoms with van der Waals surface area (Å²) >= 11 is 1.27. The minimum absolute atomic E-state index is 0.0410. The van der Waals surface area contributed by atoms with Crippen molar-refractivity contribution in [3.63, 3.8) is 0 Å². The highest BCUT2D eigenvalue weighted by atomic mass is 32.2. The summed E-state index contributed by atoms with van der Waals surface area (Å²) < 4.78 is 33.3. The standard InChI is InChI=1S/C19H14N2O4S2/c1-25-18(22)13-6-9-14(10-7-13)27(23,24)21-19-20-17-15-5-3-2-4-12(15)8-11-16(17)26-19/h2-11H,1H3,(H,20,21). The van der Waals surface area contributed by atoms with Crippen LogP contribution in [-0.2, 0) is 14.8 Å². The van der Waals surface area contributed by atoms with Crippen LogP contribution in [-0.4, -0.2) is 26.5 Å². The van der Waals surface area contributed by atoms with Gasteiger partial charge in [0.2, 0.25) is 0 Å². The minimum atomic E-state index is -3.82. The van der Waals surface area contributed by atoms with E-state index in [1.165, 1.54) is 42.7 Å². The molecule has 3 aromatic carbocycles. The van der Waals surface area contributed by atoms with E-state index in [1.807, 2.05) is 36.4 Å². The molecule has 0 saturated heterocycles. The molecule has 8 heteroatoms. The lowest BCUT2D eigenvalue weighted by atomic mass is 10.1. The Hall–Kier alpha value is -2.97. The molecule has 0 fully saturated rings. The second-order valence-corrected chi connectivity index (χ2v) is 8.49. The molecule has 1 aromatic heterocycles. The molecule has 27 heavy (non-hydrogen) atoms. The summed E-state index contributed by atoms with van der Waals surface area (Å²) in [5.41, 5.74) is 1.04. The van der Waals surface area contributed by atoms with Gasteiger partial charge in [0.15, 0.2) is 5.13 Å². The number of benzene rings is 3. The number of anilines is 1. The third-order valence-corrected chi connectivity index (χ3v) is 6.51. The second-order valence-electron chi connectivity index (χ2n) is 5.77. The lowest BCUT2D eigenvalue weighted by molar-refractivity contribution is 0.0600. The Labute approximate surface area is 159 Å². The van der Waals surface area contributed by atoms with Gasteiger partial charge in [0.1, 0.15) is 0 Å². The van der Waals surface area contributed by atoms with Gasteiger partial charge in [0.25, 0.3) is 10.0 Å². The van der Waals surface area contributed by atoms with Gasteiger partial charge in [-0.15, -0.1) is 0 Å². The van der Waals surface area contributed by atoms with Gasteiger partial charge in [0.05, 0.1) is 27.8 Å². The lowest BCUT2D eigenvalue weighted by Gasteiger charge is -2.05. The topological polar surface area (TPSA) is 85.4 Å². The number of sulfonamides is 1. The molecule has 4 aromatic rings. The minimum Gasteiger partial charge on any atom is -0.465 e. The molecule has 4 rings (SSSR count). The van der Waals surface area contributed by atoms with Crippen LogP contribution in [0.5, 0.6) is 0 Å². The van der Waals surface area contributed by atoms with Crippen LogP contribution in [0.3, 0.4) is 0 Å². The van der Waals surface area contributed by atoms with Gasteiger partial charge in [-0.1, -0.05) is 41.7 Å². The van der Waals surface area contributed by atoms with Crippen molar-refractivity contribution in [3.05, 3.63) is 66.2 Å². The van der Waals surface area contributed by atoms with Crippen molar-refractivity contribution in [3.8, 4) is 0 Å². The molecule has 0 amide bonds. The summed E-state index contributed by atoms with van der Waals surface area (Å²) in [5.74, 6) is -0.523. The highest BCUT2D eigenvalue weighted by Gasteiger charge is 2.18. The van der Waals surface area contributed by atoms with Crippen molar-refractivity contribution in [2.75, 3.05) is 11.8 Å². The Morgan fingerprint density at radius 2 is 1.78 bits per heavy atom. The van der Waals surface area contributed by atoms with Gasteiger partial charge in [-0.25, -0.2) is 18.2 Å². The van der Waals surface area contributed by atoms with Crippen LogP contribution in [0.2, 0.25) is 0 Å². The van der Waals surface area contributed by atoms with E-state index in [-0.39, 0.29) is 10.5 Å². The van der Waals surface area contributed by atoms with Crippen LogP contribution in [0.15, 0.2) is 65.6 Å². The number of hydrogen-bond acceptors (Lipinski definition) is 6. The van der Waals surface area contributed by atoms with Crippen molar-refractivity contribution in [1.82, 2.24) is 4.98 Å². The van der Waals surface area contributed by atoms with E-state index >= 15 is 0 Å². The number of methoxy groups -OCH3 is 1. The number of thiazole rings is 1. The summed E-state index contributed by atoms with van der Waals surface area (Å²) in [5, 5.41) is 2.31. The number of hydrogen-bond donors (Lipinski definition) is 1. The fourth-order valence-corrected chi connectivity index (χ4v) is 4.88. The number of aromatic nitrogens is 1. The summed E-state index contributed by atoms with van der Waals surface area (Å²) in [6.45, 7) is 0. The molecule has 0 bridgehead atoms. The molecule has 0 aliphatic heterocycles. The zero-order chi connectivity index (χ0) is 19.0. The van der Waals surface area contributed by atoms with Crippen LogP contribution in [0.4, 0.5) is 5.13 Å². The van der Waals surface area contributed by atoms with E-state index < -0.39 is 16.0 Å². The van der Waals surface area contributed by atoms with Gasteiger partial charge < -0.3 is 4.74 Å². The van der Waals surface area contributed by atoms with Gasteiger partial charge in [0, 0.05) is 5.39 Å². The molecule has 0 radical (unpaired) electrons. The molecule has 0 unspecified atom stereocenters. The molecule has 0 spiro atoms. The Morgan fingerprint density at radius 3 is 2.52 bits per heavy atom. The molecule has 6 nitrogen and oxygen atoms in total. The number of carbonyl (C=O) groups is 1. The Kier molecular flexibility index (Phi) is 4.29. The van der Waals surface area contributed by atoms with E-state index in [0.717, 1.165) is 21.0 Å². The van der Waals surface area contributed by atoms with Crippen LogP contribution in [0.1, 0.15) is 10.4 Å².